The first-order chi connectivity index (χ1) is 9.89. The maximum absolute atomic E-state index is 11.6. The number of nitrogens with two attached hydrogens (primary N) is 1. The molecule has 0 amide bonds. The fraction of sp³-hybridized carbons (Fsp3) is 0.615. The monoisotopic (exact) mass is 328 g/mol. The summed E-state index contributed by atoms with van der Waals surface area (Å²) in [7, 11) is -2.94. The molecule has 21 heavy (non-hydrogen) atoms. The molecule has 0 unspecified atom stereocenters. The first kappa shape index (κ1) is 16.1. The fourth-order valence-electron chi connectivity index (χ4n) is 2.57. The summed E-state index contributed by atoms with van der Waals surface area (Å²) in [5, 5.41) is 8.53. The summed E-state index contributed by atoms with van der Waals surface area (Å²) in [5.74, 6) is 0.872. The van der Waals surface area contributed by atoms with Gasteiger partial charge in [0, 0.05) is 13.1 Å². The molecule has 0 bridgehead atoms. The van der Waals surface area contributed by atoms with Crippen LogP contribution in [0, 0.1) is 0 Å². The summed E-state index contributed by atoms with van der Waals surface area (Å²) in [6.07, 6.45) is 1.53. The van der Waals surface area contributed by atoms with Crippen LogP contribution in [0.3, 0.4) is 0 Å². The van der Waals surface area contributed by atoms with E-state index in [9.17, 15) is 8.42 Å². The van der Waals surface area contributed by atoms with Crippen LogP contribution in [-0.4, -0.2) is 48.2 Å². The highest BCUT2D eigenvalue weighted by Crippen LogP contribution is 2.25. The smallest absolute Gasteiger partial charge is 0.161 e. The number of aromatic nitrogens is 2. The highest BCUT2D eigenvalue weighted by Gasteiger charge is 2.27. The first-order valence-corrected chi connectivity index (χ1v) is 9.26. The molecule has 0 radical (unpaired) electrons. The number of hydrogen-bond acceptors (Lipinski definition) is 6. The minimum Gasteiger partial charge on any atom is -0.389 e. The minimum absolute atomic E-state index is 0.127. The highest BCUT2D eigenvalue weighted by molar-refractivity contribution is 7.91. The van der Waals surface area contributed by atoms with Gasteiger partial charge in [0.2, 0.25) is 0 Å². The van der Waals surface area contributed by atoms with Crippen molar-refractivity contribution in [2.45, 2.75) is 26.7 Å². The number of thiocarbonyl (C=S) groups is 1. The second-order valence-electron chi connectivity index (χ2n) is 5.03. The zero-order chi connectivity index (χ0) is 15.6. The molecule has 0 aliphatic carbocycles. The number of hydrogen-bond donors (Lipinski definition) is 1. The molecule has 8 heteroatoms. The van der Waals surface area contributed by atoms with Gasteiger partial charge in [0.15, 0.2) is 15.7 Å². The Morgan fingerprint density at radius 2 is 1.86 bits per heavy atom. The topological polar surface area (TPSA) is 89.2 Å². The van der Waals surface area contributed by atoms with Crippen molar-refractivity contribution in [2.24, 2.45) is 5.73 Å². The van der Waals surface area contributed by atoms with Crippen molar-refractivity contribution in [3.8, 4) is 0 Å². The number of nitrogens with zero attached hydrogens (tertiary/aromatic N) is 3. The summed E-state index contributed by atoms with van der Waals surface area (Å²) in [6, 6.07) is 0. The van der Waals surface area contributed by atoms with Crippen molar-refractivity contribution in [3.05, 3.63) is 16.8 Å². The van der Waals surface area contributed by atoms with Crippen LogP contribution in [0.5, 0.6) is 0 Å². The van der Waals surface area contributed by atoms with Gasteiger partial charge in [-0.25, -0.2) is 8.42 Å². The van der Waals surface area contributed by atoms with Gasteiger partial charge in [0.1, 0.15) is 4.99 Å². The third-order valence-electron chi connectivity index (χ3n) is 3.72. The largest absolute Gasteiger partial charge is 0.389 e. The van der Waals surface area contributed by atoms with Crippen molar-refractivity contribution in [2.75, 3.05) is 29.5 Å². The van der Waals surface area contributed by atoms with E-state index < -0.39 is 9.84 Å². The molecule has 1 aliphatic rings. The predicted molar refractivity (Wildman–Crippen MR) is 87.5 cm³/mol. The summed E-state index contributed by atoms with van der Waals surface area (Å²) in [6.45, 7) is 4.85. The summed E-state index contributed by atoms with van der Waals surface area (Å²) in [5.41, 5.74) is 8.56. The van der Waals surface area contributed by atoms with Gasteiger partial charge < -0.3 is 10.6 Å². The lowest BCUT2D eigenvalue weighted by Crippen LogP contribution is -2.42. The predicted octanol–water partition coefficient (Wildman–Crippen LogP) is 0.470. The number of sulfone groups is 1. The molecule has 0 aromatic carbocycles. The third-order valence-corrected chi connectivity index (χ3v) is 5.53. The maximum atomic E-state index is 11.6. The fourth-order valence-corrected chi connectivity index (χ4v) is 3.98. The molecule has 2 heterocycles. The van der Waals surface area contributed by atoms with Gasteiger partial charge in [-0.15, -0.1) is 5.10 Å². The zero-order valence-electron chi connectivity index (χ0n) is 12.3. The van der Waals surface area contributed by atoms with Gasteiger partial charge in [0.25, 0.3) is 0 Å². The van der Waals surface area contributed by atoms with E-state index in [4.69, 9.17) is 18.0 Å². The van der Waals surface area contributed by atoms with E-state index in [0.717, 1.165) is 29.7 Å². The van der Waals surface area contributed by atoms with Gasteiger partial charge in [-0.05, 0) is 18.4 Å². The molecule has 6 nitrogen and oxygen atoms in total. The van der Waals surface area contributed by atoms with Crippen LogP contribution in [0.2, 0.25) is 0 Å². The Hall–Kier alpha value is -1.28. The molecule has 1 aromatic rings. The Balaban J connectivity index is 2.47. The quantitative estimate of drug-likeness (QED) is 0.804. The molecule has 2 rings (SSSR count). The number of aryl methyl sites for hydroxylation is 1. The van der Waals surface area contributed by atoms with E-state index in [-0.39, 0.29) is 11.5 Å². The van der Waals surface area contributed by atoms with E-state index in [1.165, 1.54) is 0 Å². The van der Waals surface area contributed by atoms with Gasteiger partial charge in [0.05, 0.1) is 22.8 Å². The standard InChI is InChI=1S/C13H20N4O2S2/c1-3-9-10(4-2)15-16-13(11(9)12(14)20)17-5-7-21(18,19)8-6-17/h3-8H2,1-2H3,(H2,14,20). The van der Waals surface area contributed by atoms with E-state index in [2.05, 4.69) is 10.2 Å². The minimum atomic E-state index is -2.94. The van der Waals surface area contributed by atoms with E-state index in [1.54, 1.807) is 0 Å². The molecular weight excluding hydrogens is 308 g/mol. The van der Waals surface area contributed by atoms with E-state index >= 15 is 0 Å². The lowest BCUT2D eigenvalue weighted by Gasteiger charge is -2.29. The maximum Gasteiger partial charge on any atom is 0.161 e. The lowest BCUT2D eigenvalue weighted by molar-refractivity contribution is 0.586. The summed E-state index contributed by atoms with van der Waals surface area (Å²) in [4.78, 5) is 2.21. The van der Waals surface area contributed by atoms with Crippen LogP contribution >= 0.6 is 12.2 Å². The van der Waals surface area contributed by atoms with Gasteiger partial charge in [-0.2, -0.15) is 5.10 Å². The molecule has 1 fully saturated rings. The van der Waals surface area contributed by atoms with Gasteiger partial charge in [-0.1, -0.05) is 26.1 Å². The second kappa shape index (κ2) is 6.23. The average molecular weight is 328 g/mol. The SMILES string of the molecule is CCc1nnc(N2CCS(=O)(=O)CC2)c(C(N)=S)c1CC. The average Bonchev–Trinajstić information content (AvgIpc) is 2.45. The number of rotatable bonds is 4. The van der Waals surface area contributed by atoms with Crippen molar-refractivity contribution in [1.29, 1.82) is 0 Å². The molecule has 1 aliphatic heterocycles. The zero-order valence-corrected chi connectivity index (χ0v) is 13.9. The van der Waals surface area contributed by atoms with Crippen LogP contribution in [0.15, 0.2) is 0 Å². The molecule has 0 atom stereocenters. The molecule has 1 aromatic heterocycles. The molecule has 0 spiro atoms. The normalized spacial score (nSPS) is 17.7. The van der Waals surface area contributed by atoms with Crippen LogP contribution in [0.25, 0.3) is 0 Å². The second-order valence-corrected chi connectivity index (χ2v) is 7.78. The van der Waals surface area contributed by atoms with Crippen LogP contribution < -0.4 is 10.6 Å². The van der Waals surface area contributed by atoms with Crippen LogP contribution in [0.4, 0.5) is 5.82 Å². The van der Waals surface area contributed by atoms with Gasteiger partial charge >= 0.3 is 0 Å². The van der Waals surface area contributed by atoms with E-state index in [1.807, 2.05) is 18.7 Å². The van der Waals surface area contributed by atoms with Crippen LogP contribution in [0.1, 0.15) is 30.7 Å². The van der Waals surface area contributed by atoms with Crippen LogP contribution in [-0.2, 0) is 22.7 Å². The van der Waals surface area contributed by atoms with Gasteiger partial charge in [-0.3, -0.25) is 0 Å². The molecule has 116 valence electrons. The van der Waals surface area contributed by atoms with Crippen molar-refractivity contribution in [3.63, 3.8) is 0 Å². The Kier molecular flexibility index (Phi) is 4.77. The molecule has 2 N–H and O–H groups in total. The molecule has 0 saturated carbocycles. The van der Waals surface area contributed by atoms with Crippen molar-refractivity contribution < 1.29 is 8.42 Å². The molecular formula is C13H20N4O2S2. The number of anilines is 1. The first-order valence-electron chi connectivity index (χ1n) is 7.03. The lowest BCUT2D eigenvalue weighted by atomic mass is 10.0. The Morgan fingerprint density at radius 1 is 1.24 bits per heavy atom. The summed E-state index contributed by atoms with van der Waals surface area (Å²) < 4.78 is 23.1. The van der Waals surface area contributed by atoms with Crippen molar-refractivity contribution in [1.82, 2.24) is 10.2 Å². The van der Waals surface area contributed by atoms with Crippen molar-refractivity contribution >= 4 is 32.9 Å². The van der Waals surface area contributed by atoms with E-state index in [0.29, 0.717) is 23.9 Å². The Labute approximate surface area is 130 Å². The third kappa shape index (κ3) is 3.32. The Bertz CT molecular complexity index is 644. The molecule has 1 saturated heterocycles. The summed E-state index contributed by atoms with van der Waals surface area (Å²) >= 11 is 5.19. The highest BCUT2D eigenvalue weighted by atomic mass is 32.2. The Morgan fingerprint density at radius 3 is 2.33 bits per heavy atom.